The smallest absolute Gasteiger partial charge is 0.236 e. The van der Waals surface area contributed by atoms with Crippen LogP contribution in [0.15, 0.2) is 78.1 Å². The third-order valence-electron chi connectivity index (χ3n) is 7.76. The van der Waals surface area contributed by atoms with Gasteiger partial charge in [0.15, 0.2) is 11.4 Å². The van der Waals surface area contributed by atoms with Gasteiger partial charge < -0.3 is 18.9 Å². The molecule has 0 saturated carbocycles. The van der Waals surface area contributed by atoms with Gasteiger partial charge in [-0.1, -0.05) is 79.2 Å². The quantitative estimate of drug-likeness (QED) is 0.402. The number of benzene rings is 3. The fourth-order valence-corrected chi connectivity index (χ4v) is 6.14. The van der Waals surface area contributed by atoms with Crippen molar-refractivity contribution in [2.45, 2.75) is 31.0 Å². The first-order valence-electron chi connectivity index (χ1n) is 12.1. The molecule has 0 bridgehead atoms. The van der Waals surface area contributed by atoms with E-state index in [0.717, 1.165) is 11.1 Å². The summed E-state index contributed by atoms with van der Waals surface area (Å²) in [5, 5.41) is 0.133. The summed E-state index contributed by atoms with van der Waals surface area (Å²) in [7, 11) is 2.92. The van der Waals surface area contributed by atoms with E-state index in [9.17, 15) is 9.59 Å². The summed E-state index contributed by atoms with van der Waals surface area (Å²) in [4.78, 5) is 28.4. The maximum absolute atomic E-state index is 14.3. The standard InChI is InChI=1S/C30H25ClO6/c1-17-14-21-20(16-29(36-21,18-10-6-4-7-11-18)19-12-8-5-9-13-19)27(32)30(17)28(33)24-22(34-2)15-23(35-3)25(31)26(24)37-30/h4-13,15,17H,14,16H2,1-3H3/t17-,30+/m1/s1. The van der Waals surface area contributed by atoms with Gasteiger partial charge >= 0.3 is 0 Å². The van der Waals surface area contributed by atoms with Gasteiger partial charge in [-0.25, -0.2) is 0 Å². The summed E-state index contributed by atoms with van der Waals surface area (Å²) in [6.45, 7) is 1.83. The van der Waals surface area contributed by atoms with E-state index in [-0.39, 0.29) is 28.5 Å². The molecule has 0 unspecified atom stereocenters. The average molecular weight is 517 g/mol. The first-order chi connectivity index (χ1) is 17.9. The van der Waals surface area contributed by atoms with Crippen LogP contribution < -0.4 is 14.2 Å². The number of methoxy groups -OCH3 is 2. The summed E-state index contributed by atoms with van der Waals surface area (Å²) in [5.41, 5.74) is -0.149. The van der Waals surface area contributed by atoms with Gasteiger partial charge in [-0.15, -0.1) is 0 Å². The van der Waals surface area contributed by atoms with Crippen molar-refractivity contribution in [2.75, 3.05) is 14.2 Å². The molecule has 6 rings (SSSR count). The Morgan fingerprint density at radius 1 is 0.865 bits per heavy atom. The molecule has 0 N–H and O–H groups in total. The van der Waals surface area contributed by atoms with E-state index < -0.39 is 28.7 Å². The molecule has 0 radical (unpaired) electrons. The van der Waals surface area contributed by atoms with Crippen LogP contribution >= 0.6 is 11.6 Å². The van der Waals surface area contributed by atoms with E-state index >= 15 is 0 Å². The highest BCUT2D eigenvalue weighted by molar-refractivity contribution is 6.36. The fraction of sp³-hybridized carbons (Fsp3) is 0.267. The largest absolute Gasteiger partial charge is 0.496 e. The second kappa shape index (κ2) is 8.38. The van der Waals surface area contributed by atoms with Crippen LogP contribution in [-0.2, 0) is 15.1 Å². The van der Waals surface area contributed by atoms with E-state index in [1.165, 1.54) is 14.2 Å². The highest BCUT2D eigenvalue weighted by atomic mass is 35.5. The van der Waals surface area contributed by atoms with Gasteiger partial charge in [-0.05, 0) is 0 Å². The van der Waals surface area contributed by atoms with E-state index in [1.54, 1.807) is 6.07 Å². The number of hydrogen-bond acceptors (Lipinski definition) is 6. The second-order valence-electron chi connectivity index (χ2n) is 9.64. The molecule has 188 valence electrons. The minimum absolute atomic E-state index is 0.114. The van der Waals surface area contributed by atoms with E-state index in [2.05, 4.69) is 0 Å². The minimum Gasteiger partial charge on any atom is -0.496 e. The monoisotopic (exact) mass is 516 g/mol. The zero-order valence-corrected chi connectivity index (χ0v) is 21.4. The molecule has 2 atom stereocenters. The average Bonchev–Trinajstić information content (AvgIpc) is 3.47. The van der Waals surface area contributed by atoms with Gasteiger partial charge in [-0.3, -0.25) is 9.59 Å². The molecule has 3 aromatic carbocycles. The van der Waals surface area contributed by atoms with Crippen molar-refractivity contribution in [1.29, 1.82) is 0 Å². The third kappa shape index (κ3) is 3.12. The molecular formula is C30H25ClO6. The van der Waals surface area contributed by atoms with Crippen molar-refractivity contribution in [1.82, 2.24) is 0 Å². The van der Waals surface area contributed by atoms with Crippen LogP contribution in [0.4, 0.5) is 0 Å². The number of ketones is 2. The molecule has 0 amide bonds. The molecule has 2 heterocycles. The normalized spacial score (nSPS) is 23.4. The zero-order chi connectivity index (χ0) is 25.9. The van der Waals surface area contributed by atoms with E-state index in [0.29, 0.717) is 23.5 Å². The summed E-state index contributed by atoms with van der Waals surface area (Å²) < 4.78 is 23.8. The Kier molecular flexibility index (Phi) is 5.35. The first-order valence-corrected chi connectivity index (χ1v) is 12.5. The highest BCUT2D eigenvalue weighted by Gasteiger charge is 2.64. The highest BCUT2D eigenvalue weighted by Crippen LogP contribution is 2.57. The number of rotatable bonds is 4. The van der Waals surface area contributed by atoms with Crippen molar-refractivity contribution in [2.24, 2.45) is 5.92 Å². The van der Waals surface area contributed by atoms with Crippen LogP contribution in [0, 0.1) is 5.92 Å². The minimum atomic E-state index is -1.75. The second-order valence-corrected chi connectivity index (χ2v) is 10.0. The maximum atomic E-state index is 14.3. The van der Waals surface area contributed by atoms with Gasteiger partial charge in [0.25, 0.3) is 0 Å². The summed E-state index contributed by atoms with van der Waals surface area (Å²) in [6.07, 6.45) is 0.643. The van der Waals surface area contributed by atoms with Crippen molar-refractivity contribution in [3.63, 3.8) is 0 Å². The summed E-state index contributed by atoms with van der Waals surface area (Å²) in [6, 6.07) is 21.2. The van der Waals surface area contributed by atoms with Crippen LogP contribution in [0.1, 0.15) is 41.3 Å². The lowest BCUT2D eigenvalue weighted by Gasteiger charge is -2.35. The molecule has 0 fully saturated rings. The number of fused-ring (bicyclic) bond motifs is 1. The van der Waals surface area contributed by atoms with Crippen LogP contribution in [0.3, 0.4) is 0 Å². The molecule has 3 aliphatic rings. The van der Waals surface area contributed by atoms with Crippen LogP contribution in [0.2, 0.25) is 5.02 Å². The predicted molar refractivity (Wildman–Crippen MR) is 137 cm³/mol. The van der Waals surface area contributed by atoms with Crippen LogP contribution in [0.25, 0.3) is 0 Å². The Labute approximate surface area is 219 Å². The lowest BCUT2D eigenvalue weighted by molar-refractivity contribution is -0.130. The molecule has 6 nitrogen and oxygen atoms in total. The summed E-state index contributed by atoms with van der Waals surface area (Å²) in [5.74, 6) is -0.0917. The number of hydrogen-bond donors (Lipinski definition) is 0. The van der Waals surface area contributed by atoms with Gasteiger partial charge in [-0.2, -0.15) is 0 Å². The Morgan fingerprint density at radius 2 is 1.46 bits per heavy atom. The van der Waals surface area contributed by atoms with Crippen LogP contribution in [0.5, 0.6) is 17.2 Å². The number of allylic oxidation sites excluding steroid dienone is 1. The Balaban J connectivity index is 1.47. The van der Waals surface area contributed by atoms with Crippen LogP contribution in [-0.4, -0.2) is 31.4 Å². The van der Waals surface area contributed by atoms with Crippen molar-refractivity contribution in [3.05, 3.63) is 99.8 Å². The predicted octanol–water partition coefficient (Wildman–Crippen LogP) is 5.90. The summed E-state index contributed by atoms with van der Waals surface area (Å²) >= 11 is 6.56. The van der Waals surface area contributed by atoms with E-state index in [1.807, 2.05) is 67.6 Å². The molecule has 0 aromatic heterocycles. The van der Waals surface area contributed by atoms with Crippen molar-refractivity contribution < 1.29 is 28.5 Å². The molecular weight excluding hydrogens is 492 g/mol. The molecule has 0 saturated heterocycles. The lowest BCUT2D eigenvalue weighted by Crippen LogP contribution is -2.56. The lowest BCUT2D eigenvalue weighted by atomic mass is 9.70. The molecule has 3 aromatic rings. The van der Waals surface area contributed by atoms with Gasteiger partial charge in [0.2, 0.25) is 17.2 Å². The SMILES string of the molecule is COc1cc(OC)c2c(c1Cl)O[C@@]1(C(=O)C3=C(C[C@H]1C)OC(c1ccccc1)(c1ccccc1)C3)C2=O. The number of Topliss-reactive ketones (excluding diaryl/α,β-unsaturated/α-hetero) is 2. The fourth-order valence-electron chi connectivity index (χ4n) is 5.88. The molecule has 37 heavy (non-hydrogen) atoms. The Morgan fingerprint density at radius 3 is 2.03 bits per heavy atom. The number of ether oxygens (including phenoxy) is 4. The number of carbonyl (C=O) groups excluding carboxylic acids is 2. The maximum Gasteiger partial charge on any atom is 0.236 e. The van der Waals surface area contributed by atoms with Gasteiger partial charge in [0.1, 0.15) is 27.8 Å². The molecule has 2 aliphatic heterocycles. The Hall–Kier alpha value is -3.77. The van der Waals surface area contributed by atoms with Gasteiger partial charge in [0, 0.05) is 41.5 Å². The van der Waals surface area contributed by atoms with Gasteiger partial charge in [0.05, 0.1) is 14.2 Å². The molecule has 1 spiro atoms. The molecule has 1 aliphatic carbocycles. The zero-order valence-electron chi connectivity index (χ0n) is 20.7. The number of halogens is 1. The topological polar surface area (TPSA) is 71.1 Å². The van der Waals surface area contributed by atoms with Crippen molar-refractivity contribution in [3.8, 4) is 17.2 Å². The molecule has 7 heteroatoms. The Bertz CT molecular complexity index is 1420. The van der Waals surface area contributed by atoms with E-state index in [4.69, 9.17) is 30.5 Å². The first kappa shape index (κ1) is 23.6. The number of carbonyl (C=O) groups is 2. The third-order valence-corrected chi connectivity index (χ3v) is 8.11. The van der Waals surface area contributed by atoms with Crippen molar-refractivity contribution >= 4 is 23.2 Å².